The number of allylic oxidation sites excluding steroid dienone is 1. The van der Waals surface area contributed by atoms with Crippen LogP contribution in [0.1, 0.15) is 44.9 Å². The first-order chi connectivity index (χ1) is 6.00. The number of hydrogen-bond donors (Lipinski definition) is 0. The second-order valence-corrected chi connectivity index (χ2v) is 3.28. The van der Waals surface area contributed by atoms with Gasteiger partial charge in [-0.05, 0) is 19.3 Å². The van der Waals surface area contributed by atoms with E-state index in [9.17, 15) is 0 Å². The van der Waals surface area contributed by atoms with Crippen LogP contribution in [0.25, 0.3) is 0 Å². The molecule has 0 radical (unpaired) electrons. The van der Waals surface area contributed by atoms with Crippen molar-refractivity contribution in [1.29, 1.82) is 0 Å². The van der Waals surface area contributed by atoms with Gasteiger partial charge in [0.1, 0.15) is 0 Å². The van der Waals surface area contributed by atoms with Gasteiger partial charge < -0.3 is 0 Å². The van der Waals surface area contributed by atoms with E-state index < -0.39 is 0 Å². The molecule has 0 spiro atoms. The molecule has 0 aromatic rings. The summed E-state index contributed by atoms with van der Waals surface area (Å²) in [5.41, 5.74) is 0. The van der Waals surface area contributed by atoms with Crippen LogP contribution in [0.3, 0.4) is 0 Å². The van der Waals surface area contributed by atoms with E-state index in [0.717, 1.165) is 6.54 Å². The molecular formula is C10H18N2. The molecule has 68 valence electrons. The summed E-state index contributed by atoms with van der Waals surface area (Å²) in [6, 6.07) is 0. The summed E-state index contributed by atoms with van der Waals surface area (Å²) in [5, 5.41) is 7.99. The zero-order valence-electron chi connectivity index (χ0n) is 7.71. The molecule has 0 aliphatic carbocycles. The van der Waals surface area contributed by atoms with Gasteiger partial charge in [-0.1, -0.05) is 31.8 Å². The van der Waals surface area contributed by atoms with Crippen molar-refractivity contribution in [3.63, 3.8) is 0 Å². The van der Waals surface area contributed by atoms with Gasteiger partial charge in [0.2, 0.25) is 0 Å². The summed E-state index contributed by atoms with van der Waals surface area (Å²) in [6.07, 6.45) is 13.1. The SMILES string of the molecule is C1=CN=NCCCCCCCC1. The van der Waals surface area contributed by atoms with Crippen LogP contribution in [-0.2, 0) is 0 Å². The maximum Gasteiger partial charge on any atom is 0.0603 e. The summed E-state index contributed by atoms with van der Waals surface area (Å²) >= 11 is 0. The maximum absolute atomic E-state index is 4.04. The number of azo groups is 1. The Morgan fingerprint density at radius 3 is 2.50 bits per heavy atom. The van der Waals surface area contributed by atoms with Crippen LogP contribution in [-0.4, -0.2) is 6.54 Å². The third kappa shape index (κ3) is 5.05. The fourth-order valence-electron chi connectivity index (χ4n) is 1.38. The third-order valence-electron chi connectivity index (χ3n) is 2.13. The topological polar surface area (TPSA) is 24.7 Å². The van der Waals surface area contributed by atoms with Crippen molar-refractivity contribution < 1.29 is 0 Å². The molecule has 0 saturated heterocycles. The lowest BCUT2D eigenvalue weighted by atomic mass is 10.1. The Morgan fingerprint density at radius 1 is 0.833 bits per heavy atom. The summed E-state index contributed by atoms with van der Waals surface area (Å²) in [7, 11) is 0. The van der Waals surface area contributed by atoms with Gasteiger partial charge in [-0.25, -0.2) is 0 Å². The highest BCUT2D eigenvalue weighted by Gasteiger charge is 1.91. The Hall–Kier alpha value is -0.660. The summed E-state index contributed by atoms with van der Waals surface area (Å²) in [4.78, 5) is 0. The van der Waals surface area contributed by atoms with Crippen LogP contribution in [0.15, 0.2) is 22.5 Å². The first-order valence-corrected chi connectivity index (χ1v) is 5.02. The molecule has 1 aliphatic heterocycles. The average Bonchev–Trinajstić information content (AvgIpc) is 2.05. The van der Waals surface area contributed by atoms with Crippen molar-refractivity contribution in [3.05, 3.63) is 12.3 Å². The van der Waals surface area contributed by atoms with Gasteiger partial charge in [0.25, 0.3) is 0 Å². The largest absolute Gasteiger partial charge is 0.189 e. The van der Waals surface area contributed by atoms with Gasteiger partial charge in [-0.2, -0.15) is 10.2 Å². The fourth-order valence-corrected chi connectivity index (χ4v) is 1.38. The lowest BCUT2D eigenvalue weighted by Crippen LogP contribution is -1.83. The second-order valence-electron chi connectivity index (χ2n) is 3.28. The zero-order chi connectivity index (χ0) is 8.49. The molecule has 0 N–H and O–H groups in total. The Labute approximate surface area is 74.8 Å². The van der Waals surface area contributed by atoms with E-state index in [0.29, 0.717) is 0 Å². The Kier molecular flexibility index (Phi) is 5.51. The van der Waals surface area contributed by atoms with Gasteiger partial charge in [0.05, 0.1) is 6.54 Å². The molecule has 0 bridgehead atoms. The van der Waals surface area contributed by atoms with Crippen molar-refractivity contribution in [3.8, 4) is 0 Å². The van der Waals surface area contributed by atoms with Crippen LogP contribution in [0.2, 0.25) is 0 Å². The Bertz CT molecular complexity index is 132. The van der Waals surface area contributed by atoms with E-state index in [1.54, 1.807) is 0 Å². The summed E-state index contributed by atoms with van der Waals surface area (Å²) < 4.78 is 0. The molecule has 0 unspecified atom stereocenters. The molecule has 0 fully saturated rings. The molecular weight excluding hydrogens is 148 g/mol. The number of rotatable bonds is 0. The monoisotopic (exact) mass is 166 g/mol. The van der Waals surface area contributed by atoms with E-state index in [-0.39, 0.29) is 0 Å². The van der Waals surface area contributed by atoms with Crippen LogP contribution in [0, 0.1) is 0 Å². The molecule has 0 amide bonds. The van der Waals surface area contributed by atoms with E-state index in [1.165, 1.54) is 44.9 Å². The second kappa shape index (κ2) is 7.01. The van der Waals surface area contributed by atoms with Gasteiger partial charge >= 0.3 is 0 Å². The quantitative estimate of drug-likeness (QED) is 0.524. The maximum atomic E-state index is 4.04. The Morgan fingerprint density at radius 2 is 1.58 bits per heavy atom. The summed E-state index contributed by atoms with van der Waals surface area (Å²) in [6.45, 7) is 0.907. The Balaban J connectivity index is 2.21. The van der Waals surface area contributed by atoms with Crippen molar-refractivity contribution in [2.24, 2.45) is 10.2 Å². The van der Waals surface area contributed by atoms with Crippen LogP contribution in [0.5, 0.6) is 0 Å². The normalized spacial score (nSPS) is 21.3. The predicted octanol–water partition coefficient (Wildman–Crippen LogP) is 3.70. The van der Waals surface area contributed by atoms with Crippen molar-refractivity contribution in [2.75, 3.05) is 6.54 Å². The minimum atomic E-state index is 0.907. The lowest BCUT2D eigenvalue weighted by Gasteiger charge is -1.99. The third-order valence-corrected chi connectivity index (χ3v) is 2.13. The minimum Gasteiger partial charge on any atom is -0.189 e. The van der Waals surface area contributed by atoms with Crippen LogP contribution < -0.4 is 0 Å². The van der Waals surface area contributed by atoms with Gasteiger partial charge in [-0.3, -0.25) is 0 Å². The number of nitrogens with zero attached hydrogens (tertiary/aromatic N) is 2. The molecule has 12 heavy (non-hydrogen) atoms. The van der Waals surface area contributed by atoms with Crippen LogP contribution in [0.4, 0.5) is 0 Å². The lowest BCUT2D eigenvalue weighted by molar-refractivity contribution is 0.595. The fraction of sp³-hybridized carbons (Fsp3) is 0.800. The predicted molar refractivity (Wildman–Crippen MR) is 51.2 cm³/mol. The zero-order valence-corrected chi connectivity index (χ0v) is 7.71. The van der Waals surface area contributed by atoms with Gasteiger partial charge in [0, 0.05) is 6.20 Å². The molecule has 1 rings (SSSR count). The molecule has 0 aromatic carbocycles. The molecule has 0 aromatic heterocycles. The van der Waals surface area contributed by atoms with E-state index in [1.807, 2.05) is 6.20 Å². The van der Waals surface area contributed by atoms with Crippen LogP contribution >= 0.6 is 0 Å². The molecule has 1 heterocycles. The molecule has 2 heteroatoms. The summed E-state index contributed by atoms with van der Waals surface area (Å²) in [5.74, 6) is 0. The average molecular weight is 166 g/mol. The van der Waals surface area contributed by atoms with Gasteiger partial charge in [-0.15, -0.1) is 0 Å². The highest BCUT2D eigenvalue weighted by molar-refractivity contribution is 4.77. The molecule has 0 saturated carbocycles. The minimum absolute atomic E-state index is 0.907. The van der Waals surface area contributed by atoms with Crippen molar-refractivity contribution in [1.82, 2.24) is 0 Å². The van der Waals surface area contributed by atoms with Crippen molar-refractivity contribution in [2.45, 2.75) is 44.9 Å². The smallest absolute Gasteiger partial charge is 0.0603 e. The standard InChI is InChI=1S/C10H18N2/c1-2-4-6-8-10-12-11-9-7-5-3-1/h7,9H,1-6,8,10H2. The first kappa shape index (κ1) is 9.43. The highest BCUT2D eigenvalue weighted by atomic mass is 15.1. The molecule has 2 nitrogen and oxygen atoms in total. The van der Waals surface area contributed by atoms with Gasteiger partial charge in [0.15, 0.2) is 0 Å². The van der Waals surface area contributed by atoms with E-state index >= 15 is 0 Å². The first-order valence-electron chi connectivity index (χ1n) is 5.02. The molecule has 0 atom stereocenters. The highest BCUT2D eigenvalue weighted by Crippen LogP contribution is 2.08. The van der Waals surface area contributed by atoms with E-state index in [4.69, 9.17) is 0 Å². The molecule has 1 aliphatic rings. The van der Waals surface area contributed by atoms with E-state index in [2.05, 4.69) is 16.3 Å². The number of hydrogen-bond acceptors (Lipinski definition) is 2. The van der Waals surface area contributed by atoms with Crippen molar-refractivity contribution >= 4 is 0 Å².